The van der Waals surface area contributed by atoms with E-state index in [0.29, 0.717) is 0 Å². The van der Waals surface area contributed by atoms with Gasteiger partial charge in [0.2, 0.25) is 0 Å². The average molecular weight is 195 g/mol. The number of hydrogen-bond acceptors (Lipinski definition) is 1. The van der Waals surface area contributed by atoms with Gasteiger partial charge < -0.3 is 5.73 Å². The van der Waals surface area contributed by atoms with Crippen LogP contribution in [0, 0.1) is 11.8 Å². The van der Waals surface area contributed by atoms with Crippen molar-refractivity contribution in [2.45, 2.75) is 38.3 Å². The van der Waals surface area contributed by atoms with Crippen molar-refractivity contribution in [1.82, 2.24) is 0 Å². The Morgan fingerprint density at radius 3 is 2.15 bits per heavy atom. The molecule has 0 aliphatic heterocycles. The Balaban J connectivity index is 2.42. The van der Waals surface area contributed by atoms with Crippen molar-refractivity contribution in [2.75, 3.05) is 6.54 Å². The summed E-state index contributed by atoms with van der Waals surface area (Å²) in [7, 11) is 0. The van der Waals surface area contributed by atoms with Crippen LogP contribution in [0.25, 0.3) is 0 Å². The van der Waals surface area contributed by atoms with Gasteiger partial charge in [-0.15, -0.1) is 0 Å². The first-order valence-electron chi connectivity index (χ1n) is 4.80. The molecule has 0 aromatic rings. The molecule has 4 heteroatoms. The van der Waals surface area contributed by atoms with Gasteiger partial charge in [-0.05, 0) is 18.4 Å². The minimum atomic E-state index is -4.05. The number of halogens is 3. The van der Waals surface area contributed by atoms with E-state index in [2.05, 4.69) is 0 Å². The smallest absolute Gasteiger partial charge is 0.330 e. The van der Waals surface area contributed by atoms with Gasteiger partial charge in [0.05, 0.1) is 0 Å². The minimum absolute atomic E-state index is 0.171. The fourth-order valence-electron chi connectivity index (χ4n) is 2.17. The van der Waals surface area contributed by atoms with Crippen molar-refractivity contribution in [3.05, 3.63) is 0 Å². The van der Waals surface area contributed by atoms with E-state index in [1.807, 2.05) is 0 Å². The molecule has 0 amide bonds. The molecular formula is C9H16F3N. The molecule has 0 heterocycles. The standard InChI is InChI=1S/C9H16F3N/c10-9(11,12)5-8(6-13)7-3-1-2-4-7/h7-8H,1-6,13H2/t8-/m1/s1. The summed E-state index contributed by atoms with van der Waals surface area (Å²) in [5.41, 5.74) is 5.36. The summed E-state index contributed by atoms with van der Waals surface area (Å²) in [5, 5.41) is 0. The third-order valence-corrected chi connectivity index (χ3v) is 2.86. The number of hydrogen-bond donors (Lipinski definition) is 1. The van der Waals surface area contributed by atoms with Crippen molar-refractivity contribution in [2.24, 2.45) is 17.6 Å². The van der Waals surface area contributed by atoms with Crippen LogP contribution in [0.3, 0.4) is 0 Å². The molecule has 1 saturated carbocycles. The minimum Gasteiger partial charge on any atom is -0.330 e. The van der Waals surface area contributed by atoms with Crippen molar-refractivity contribution < 1.29 is 13.2 Å². The Morgan fingerprint density at radius 1 is 1.23 bits per heavy atom. The Bertz CT molecular complexity index is 149. The summed E-state index contributed by atoms with van der Waals surface area (Å²) in [6.07, 6.45) is -0.755. The van der Waals surface area contributed by atoms with Gasteiger partial charge in [-0.3, -0.25) is 0 Å². The van der Waals surface area contributed by atoms with E-state index in [0.717, 1.165) is 25.7 Å². The van der Waals surface area contributed by atoms with Gasteiger partial charge >= 0.3 is 6.18 Å². The van der Waals surface area contributed by atoms with Crippen LogP contribution in [-0.4, -0.2) is 12.7 Å². The summed E-state index contributed by atoms with van der Waals surface area (Å²) < 4.78 is 36.3. The summed E-state index contributed by atoms with van der Waals surface area (Å²) >= 11 is 0. The second-order valence-electron chi connectivity index (χ2n) is 3.86. The fraction of sp³-hybridized carbons (Fsp3) is 1.00. The molecule has 1 atom stereocenters. The SMILES string of the molecule is NC[C@@H](CC(F)(F)F)C1CCCC1. The summed E-state index contributed by atoms with van der Waals surface area (Å²) in [6.45, 7) is 0.171. The lowest BCUT2D eigenvalue weighted by Crippen LogP contribution is -2.27. The Labute approximate surface area is 76.5 Å². The lowest BCUT2D eigenvalue weighted by atomic mass is 9.88. The van der Waals surface area contributed by atoms with Gasteiger partial charge in [0.1, 0.15) is 0 Å². The first-order chi connectivity index (χ1) is 6.03. The molecule has 0 spiro atoms. The van der Waals surface area contributed by atoms with Gasteiger partial charge in [-0.1, -0.05) is 25.7 Å². The molecule has 1 fully saturated rings. The third-order valence-electron chi connectivity index (χ3n) is 2.86. The molecule has 1 nitrogen and oxygen atoms in total. The summed E-state index contributed by atoms with van der Waals surface area (Å²) in [5.74, 6) is -0.130. The monoisotopic (exact) mass is 195 g/mol. The average Bonchev–Trinajstić information content (AvgIpc) is 2.50. The molecule has 0 saturated heterocycles. The molecule has 1 aliphatic rings. The zero-order valence-corrected chi connectivity index (χ0v) is 7.61. The van der Waals surface area contributed by atoms with Gasteiger partial charge in [-0.25, -0.2) is 0 Å². The van der Waals surface area contributed by atoms with Crippen LogP contribution in [0.1, 0.15) is 32.1 Å². The van der Waals surface area contributed by atoms with E-state index in [9.17, 15) is 13.2 Å². The lowest BCUT2D eigenvalue weighted by Gasteiger charge is -2.22. The summed E-state index contributed by atoms with van der Waals surface area (Å²) in [6, 6.07) is 0. The predicted octanol–water partition coefficient (Wildman–Crippen LogP) is 2.70. The van der Waals surface area contributed by atoms with E-state index in [-0.39, 0.29) is 18.4 Å². The van der Waals surface area contributed by atoms with Crippen LogP contribution in [0.5, 0.6) is 0 Å². The molecule has 0 aromatic heterocycles. The number of alkyl halides is 3. The molecule has 13 heavy (non-hydrogen) atoms. The maximum atomic E-state index is 12.1. The van der Waals surface area contributed by atoms with Crippen LogP contribution < -0.4 is 5.73 Å². The maximum absolute atomic E-state index is 12.1. The van der Waals surface area contributed by atoms with Gasteiger partial charge in [-0.2, -0.15) is 13.2 Å². The molecule has 0 radical (unpaired) electrons. The van der Waals surface area contributed by atoms with Gasteiger partial charge in [0, 0.05) is 6.42 Å². The third kappa shape index (κ3) is 3.55. The number of rotatable bonds is 3. The first-order valence-corrected chi connectivity index (χ1v) is 4.80. The van der Waals surface area contributed by atoms with Crippen LogP contribution in [-0.2, 0) is 0 Å². The summed E-state index contributed by atoms with van der Waals surface area (Å²) in [4.78, 5) is 0. The molecule has 78 valence electrons. The van der Waals surface area contributed by atoms with Crippen LogP contribution in [0.15, 0.2) is 0 Å². The molecule has 2 N–H and O–H groups in total. The van der Waals surface area contributed by atoms with Crippen molar-refractivity contribution in [1.29, 1.82) is 0 Å². The molecule has 0 unspecified atom stereocenters. The number of nitrogens with two attached hydrogens (primary N) is 1. The van der Waals surface area contributed by atoms with Crippen molar-refractivity contribution >= 4 is 0 Å². The van der Waals surface area contributed by atoms with Crippen molar-refractivity contribution in [3.8, 4) is 0 Å². The highest BCUT2D eigenvalue weighted by Gasteiger charge is 2.35. The highest BCUT2D eigenvalue weighted by molar-refractivity contribution is 4.77. The fourth-order valence-corrected chi connectivity index (χ4v) is 2.17. The zero-order chi connectivity index (χ0) is 9.90. The molecule has 0 bridgehead atoms. The highest BCUT2D eigenvalue weighted by Crippen LogP contribution is 2.36. The van der Waals surface area contributed by atoms with E-state index >= 15 is 0 Å². The largest absolute Gasteiger partial charge is 0.389 e. The van der Waals surface area contributed by atoms with Crippen LogP contribution in [0.4, 0.5) is 13.2 Å². The Kier molecular flexibility index (Phi) is 3.59. The van der Waals surface area contributed by atoms with E-state index in [1.54, 1.807) is 0 Å². The molecule has 1 aliphatic carbocycles. The van der Waals surface area contributed by atoms with E-state index < -0.39 is 12.6 Å². The molecule has 1 rings (SSSR count). The predicted molar refractivity (Wildman–Crippen MR) is 45.2 cm³/mol. The molecular weight excluding hydrogens is 179 g/mol. The molecule has 0 aromatic carbocycles. The van der Waals surface area contributed by atoms with E-state index in [1.165, 1.54) is 0 Å². The van der Waals surface area contributed by atoms with Gasteiger partial charge in [0.15, 0.2) is 0 Å². The first kappa shape index (κ1) is 10.8. The van der Waals surface area contributed by atoms with Crippen LogP contribution >= 0.6 is 0 Å². The highest BCUT2D eigenvalue weighted by atomic mass is 19.4. The quantitative estimate of drug-likeness (QED) is 0.736. The van der Waals surface area contributed by atoms with Crippen molar-refractivity contribution in [3.63, 3.8) is 0 Å². The normalized spacial score (nSPS) is 22.2. The second-order valence-corrected chi connectivity index (χ2v) is 3.86. The maximum Gasteiger partial charge on any atom is 0.389 e. The topological polar surface area (TPSA) is 26.0 Å². The second kappa shape index (κ2) is 4.31. The van der Waals surface area contributed by atoms with Gasteiger partial charge in [0.25, 0.3) is 0 Å². The lowest BCUT2D eigenvalue weighted by molar-refractivity contribution is -0.147. The van der Waals surface area contributed by atoms with E-state index in [4.69, 9.17) is 5.73 Å². The Hall–Kier alpha value is -0.250. The van der Waals surface area contributed by atoms with Crippen LogP contribution in [0.2, 0.25) is 0 Å². The zero-order valence-electron chi connectivity index (χ0n) is 7.61. The Morgan fingerprint density at radius 2 is 1.77 bits per heavy atom.